The maximum Gasteiger partial charge on any atom is 0.0725 e. The molecule has 2 unspecified atom stereocenters. The fraction of sp³-hybridized carbons (Fsp3) is 0.333. The molecule has 1 aromatic heterocycles. The number of likely N-dealkylation sites (tertiary alicyclic amines) is 1. The molecule has 0 bridgehead atoms. The molecule has 1 fully saturated rings. The molecule has 1 saturated heterocycles. The van der Waals surface area contributed by atoms with E-state index in [9.17, 15) is 0 Å². The first-order valence-electron chi connectivity index (χ1n) is 10.1. The molecule has 28 heavy (non-hydrogen) atoms. The Morgan fingerprint density at radius 3 is 2.50 bits per heavy atom. The number of nitrogens with one attached hydrogen (secondary N) is 1. The van der Waals surface area contributed by atoms with Crippen molar-refractivity contribution in [3.05, 3.63) is 88.6 Å². The Morgan fingerprint density at radius 2 is 1.75 bits per heavy atom. The highest BCUT2D eigenvalue weighted by atomic mass is 32.1. The van der Waals surface area contributed by atoms with Gasteiger partial charge in [0.2, 0.25) is 0 Å². The minimum absolute atomic E-state index is 0.425. The lowest BCUT2D eigenvalue weighted by molar-refractivity contribution is 0.0261. The van der Waals surface area contributed by atoms with Crippen LogP contribution in [0.4, 0.5) is 5.69 Å². The van der Waals surface area contributed by atoms with E-state index in [-0.39, 0.29) is 0 Å². The van der Waals surface area contributed by atoms with Gasteiger partial charge in [-0.15, -0.1) is 0 Å². The second-order valence-corrected chi connectivity index (χ2v) is 8.27. The van der Waals surface area contributed by atoms with Crippen molar-refractivity contribution < 1.29 is 4.74 Å². The fourth-order valence-electron chi connectivity index (χ4n) is 3.89. The number of hydrogen-bond donors (Lipinski definition) is 1. The van der Waals surface area contributed by atoms with Crippen molar-refractivity contribution >= 4 is 17.0 Å². The minimum atomic E-state index is 0.425. The smallest absolute Gasteiger partial charge is 0.0725 e. The lowest BCUT2D eigenvalue weighted by Crippen LogP contribution is -2.48. The van der Waals surface area contributed by atoms with Crippen LogP contribution in [0, 0.1) is 0 Å². The van der Waals surface area contributed by atoms with Crippen LogP contribution in [0.25, 0.3) is 0 Å². The van der Waals surface area contributed by atoms with Crippen molar-refractivity contribution in [2.45, 2.75) is 38.1 Å². The van der Waals surface area contributed by atoms with Gasteiger partial charge in [0.25, 0.3) is 0 Å². The van der Waals surface area contributed by atoms with Crippen LogP contribution in [0.5, 0.6) is 0 Å². The molecule has 1 N–H and O–H groups in total. The summed E-state index contributed by atoms with van der Waals surface area (Å²) < 4.78 is 6.12. The van der Waals surface area contributed by atoms with Gasteiger partial charge >= 0.3 is 0 Å². The summed E-state index contributed by atoms with van der Waals surface area (Å²) in [7, 11) is 0. The summed E-state index contributed by atoms with van der Waals surface area (Å²) >= 11 is 1.73. The van der Waals surface area contributed by atoms with Crippen LogP contribution in [-0.4, -0.2) is 30.1 Å². The monoisotopic (exact) mass is 392 g/mol. The number of para-hydroxylation sites is 1. The summed E-state index contributed by atoms with van der Waals surface area (Å²) in [6, 6.07) is 24.4. The van der Waals surface area contributed by atoms with Gasteiger partial charge in [-0.05, 0) is 52.9 Å². The first kappa shape index (κ1) is 19.2. The maximum absolute atomic E-state index is 6.12. The Bertz CT molecular complexity index is 807. The van der Waals surface area contributed by atoms with Gasteiger partial charge in [0.15, 0.2) is 0 Å². The van der Waals surface area contributed by atoms with Gasteiger partial charge in [-0.3, -0.25) is 4.90 Å². The second kappa shape index (κ2) is 9.87. The topological polar surface area (TPSA) is 24.5 Å². The van der Waals surface area contributed by atoms with Crippen LogP contribution in [0.15, 0.2) is 77.5 Å². The summed E-state index contributed by atoms with van der Waals surface area (Å²) in [5.74, 6) is 0. The molecule has 2 aromatic carbocycles. The normalized spacial score (nSPS) is 20.1. The molecule has 146 valence electrons. The highest BCUT2D eigenvalue weighted by Gasteiger charge is 2.28. The summed E-state index contributed by atoms with van der Waals surface area (Å²) in [5.41, 5.74) is 3.86. The van der Waals surface area contributed by atoms with Gasteiger partial charge in [0, 0.05) is 30.9 Å². The van der Waals surface area contributed by atoms with E-state index in [1.165, 1.54) is 16.8 Å². The van der Waals surface area contributed by atoms with E-state index in [2.05, 4.69) is 87.7 Å². The third kappa shape index (κ3) is 5.44. The molecule has 1 aliphatic heterocycles. The number of thiophene rings is 1. The number of rotatable bonds is 8. The third-order valence-corrected chi connectivity index (χ3v) is 6.10. The molecule has 1 aliphatic rings. The Balaban J connectivity index is 1.38. The van der Waals surface area contributed by atoms with Crippen LogP contribution < -0.4 is 5.32 Å². The predicted octanol–water partition coefficient (Wildman–Crippen LogP) is 5.41. The molecule has 0 spiro atoms. The Hall–Kier alpha value is -2.14. The van der Waals surface area contributed by atoms with Gasteiger partial charge in [-0.2, -0.15) is 11.3 Å². The molecular formula is C24H28N2OS. The molecule has 4 rings (SSSR count). The van der Waals surface area contributed by atoms with Crippen molar-refractivity contribution in [2.24, 2.45) is 0 Å². The van der Waals surface area contributed by atoms with Gasteiger partial charge < -0.3 is 10.1 Å². The van der Waals surface area contributed by atoms with Crippen molar-refractivity contribution in [2.75, 3.05) is 18.5 Å². The quantitative estimate of drug-likeness (QED) is 0.555. The molecule has 3 nitrogen and oxygen atoms in total. The van der Waals surface area contributed by atoms with Crippen molar-refractivity contribution in [1.29, 1.82) is 0 Å². The van der Waals surface area contributed by atoms with E-state index < -0.39 is 0 Å². The van der Waals surface area contributed by atoms with Crippen molar-refractivity contribution in [3.8, 4) is 0 Å². The number of benzene rings is 2. The van der Waals surface area contributed by atoms with Gasteiger partial charge in [0.05, 0.1) is 13.2 Å². The summed E-state index contributed by atoms with van der Waals surface area (Å²) in [5, 5.41) is 8.00. The van der Waals surface area contributed by atoms with E-state index in [4.69, 9.17) is 4.74 Å². The Morgan fingerprint density at radius 1 is 0.964 bits per heavy atom. The van der Waals surface area contributed by atoms with Crippen LogP contribution in [0.1, 0.15) is 24.0 Å². The Labute approximate surface area is 172 Å². The van der Waals surface area contributed by atoms with Crippen molar-refractivity contribution in [1.82, 2.24) is 4.90 Å². The number of piperidine rings is 1. The zero-order valence-electron chi connectivity index (χ0n) is 16.2. The molecule has 0 saturated carbocycles. The number of ether oxygens (including phenoxy) is 1. The molecule has 0 radical (unpaired) electrons. The van der Waals surface area contributed by atoms with E-state index in [0.717, 1.165) is 32.5 Å². The largest absolute Gasteiger partial charge is 0.382 e. The molecule has 0 amide bonds. The summed E-state index contributed by atoms with van der Waals surface area (Å²) in [6.07, 6.45) is 2.26. The summed E-state index contributed by atoms with van der Waals surface area (Å²) in [4.78, 5) is 2.59. The summed E-state index contributed by atoms with van der Waals surface area (Å²) in [6.45, 7) is 3.56. The first-order valence-corrected chi connectivity index (χ1v) is 11.0. The standard InChI is InChI=1S/C24H28N2OS/c1-3-7-20(8-4-1)16-26-13-11-23(25-22-9-5-2-6-10-22)15-24(26)18-27-17-21-12-14-28-19-21/h1-10,12,14,19,23-25H,11,13,15-18H2. The van der Waals surface area contributed by atoms with Crippen LogP contribution in [-0.2, 0) is 17.9 Å². The van der Waals surface area contributed by atoms with Crippen LogP contribution in [0.2, 0.25) is 0 Å². The van der Waals surface area contributed by atoms with Gasteiger partial charge in [-0.1, -0.05) is 48.5 Å². The van der Waals surface area contributed by atoms with Crippen molar-refractivity contribution in [3.63, 3.8) is 0 Å². The zero-order valence-corrected chi connectivity index (χ0v) is 17.0. The van der Waals surface area contributed by atoms with Gasteiger partial charge in [0.1, 0.15) is 0 Å². The van der Waals surface area contributed by atoms with E-state index in [1.54, 1.807) is 11.3 Å². The molecule has 0 aliphatic carbocycles. The molecule has 3 aromatic rings. The third-order valence-electron chi connectivity index (χ3n) is 5.37. The average molecular weight is 393 g/mol. The highest BCUT2D eigenvalue weighted by Crippen LogP contribution is 2.24. The van der Waals surface area contributed by atoms with E-state index >= 15 is 0 Å². The lowest BCUT2D eigenvalue weighted by atomic mass is 9.96. The van der Waals surface area contributed by atoms with E-state index in [1.807, 2.05) is 0 Å². The predicted molar refractivity (Wildman–Crippen MR) is 118 cm³/mol. The molecular weight excluding hydrogens is 364 g/mol. The zero-order chi connectivity index (χ0) is 19.0. The van der Waals surface area contributed by atoms with Gasteiger partial charge in [-0.25, -0.2) is 0 Å². The maximum atomic E-state index is 6.12. The molecule has 2 atom stereocenters. The minimum Gasteiger partial charge on any atom is -0.382 e. The van der Waals surface area contributed by atoms with Crippen LogP contribution in [0.3, 0.4) is 0 Å². The lowest BCUT2D eigenvalue weighted by Gasteiger charge is -2.40. The number of anilines is 1. The highest BCUT2D eigenvalue weighted by molar-refractivity contribution is 7.07. The number of nitrogens with zero attached hydrogens (tertiary/aromatic N) is 1. The van der Waals surface area contributed by atoms with Crippen LogP contribution >= 0.6 is 11.3 Å². The average Bonchev–Trinajstić information content (AvgIpc) is 3.25. The van der Waals surface area contributed by atoms with E-state index in [0.29, 0.717) is 18.7 Å². The molecule has 4 heteroatoms. The molecule has 2 heterocycles. The number of hydrogen-bond acceptors (Lipinski definition) is 4. The first-order chi connectivity index (χ1) is 13.9. The SMILES string of the molecule is c1ccc(CN2CCC(Nc3ccccc3)CC2COCc2ccsc2)cc1. The fourth-order valence-corrected chi connectivity index (χ4v) is 4.54. The second-order valence-electron chi connectivity index (χ2n) is 7.49. The Kier molecular flexibility index (Phi) is 6.77.